The second-order valence-electron chi connectivity index (χ2n) is 4.56. The van der Waals surface area contributed by atoms with E-state index in [1.807, 2.05) is 6.92 Å². The van der Waals surface area contributed by atoms with Crippen LogP contribution >= 0.6 is 0 Å². The molecule has 0 aliphatic rings. The Kier molecular flexibility index (Phi) is 4.93. The van der Waals surface area contributed by atoms with E-state index in [0.29, 0.717) is 23.5 Å². The maximum atomic E-state index is 13.1. The molecule has 0 heterocycles. The van der Waals surface area contributed by atoms with Crippen molar-refractivity contribution in [1.82, 2.24) is 0 Å². The highest BCUT2D eigenvalue weighted by Gasteiger charge is 2.10. The molecule has 0 aliphatic heterocycles. The van der Waals surface area contributed by atoms with Crippen LogP contribution in [0.4, 0.5) is 4.39 Å². The summed E-state index contributed by atoms with van der Waals surface area (Å²) in [6.45, 7) is 2.04. The lowest BCUT2D eigenvalue weighted by Gasteiger charge is -2.12. The van der Waals surface area contributed by atoms with Crippen LogP contribution in [0.3, 0.4) is 0 Å². The summed E-state index contributed by atoms with van der Waals surface area (Å²) in [4.78, 5) is 11.7. The van der Waals surface area contributed by atoms with Crippen LogP contribution in [0.25, 0.3) is 0 Å². The van der Waals surface area contributed by atoms with Crippen LogP contribution in [0.1, 0.15) is 29.3 Å². The molecule has 0 aliphatic carbocycles. The molecule has 2 aromatic rings. The normalized spacial score (nSPS) is 10.2. The number of hydrogen-bond acceptors (Lipinski definition) is 3. The second-order valence-corrected chi connectivity index (χ2v) is 4.56. The second kappa shape index (κ2) is 6.88. The van der Waals surface area contributed by atoms with Crippen molar-refractivity contribution >= 4 is 5.78 Å². The standard InChI is InChI=1S/C17H17FO3/c1-3-15(19)13-7-8-16(17(10-13)20-2)21-11-12-5-4-6-14(18)9-12/h4-10H,3,11H2,1-2H3. The summed E-state index contributed by atoms with van der Waals surface area (Å²) < 4.78 is 24.0. The Morgan fingerprint density at radius 2 is 1.95 bits per heavy atom. The van der Waals surface area contributed by atoms with E-state index in [4.69, 9.17) is 9.47 Å². The molecule has 2 aromatic carbocycles. The first-order chi connectivity index (χ1) is 10.1. The number of carbonyl (C=O) groups is 1. The third-order valence-electron chi connectivity index (χ3n) is 3.09. The monoisotopic (exact) mass is 288 g/mol. The molecule has 21 heavy (non-hydrogen) atoms. The van der Waals surface area contributed by atoms with Gasteiger partial charge in [0, 0.05) is 12.0 Å². The molecule has 0 unspecified atom stereocenters. The van der Waals surface area contributed by atoms with Crippen LogP contribution in [0.2, 0.25) is 0 Å². The minimum absolute atomic E-state index is 0.0463. The smallest absolute Gasteiger partial charge is 0.162 e. The van der Waals surface area contributed by atoms with Gasteiger partial charge < -0.3 is 9.47 Å². The molecule has 110 valence electrons. The van der Waals surface area contributed by atoms with Crippen molar-refractivity contribution in [2.45, 2.75) is 20.0 Å². The zero-order chi connectivity index (χ0) is 15.2. The van der Waals surface area contributed by atoms with Crippen molar-refractivity contribution in [3.63, 3.8) is 0 Å². The summed E-state index contributed by atoms with van der Waals surface area (Å²) in [6.07, 6.45) is 0.437. The first-order valence-electron chi connectivity index (χ1n) is 6.72. The maximum absolute atomic E-state index is 13.1. The highest BCUT2D eigenvalue weighted by Crippen LogP contribution is 2.29. The number of Topliss-reactive ketones (excluding diaryl/α,β-unsaturated/α-hetero) is 1. The third-order valence-corrected chi connectivity index (χ3v) is 3.09. The molecule has 2 rings (SSSR count). The molecular formula is C17H17FO3. The number of carbonyl (C=O) groups excluding carboxylic acids is 1. The Morgan fingerprint density at radius 3 is 2.62 bits per heavy atom. The number of hydrogen-bond donors (Lipinski definition) is 0. The fraction of sp³-hybridized carbons (Fsp3) is 0.235. The first kappa shape index (κ1) is 15.0. The zero-order valence-electron chi connectivity index (χ0n) is 12.1. The molecule has 0 amide bonds. The van der Waals surface area contributed by atoms with Gasteiger partial charge in [-0.15, -0.1) is 0 Å². The predicted octanol–water partition coefficient (Wildman–Crippen LogP) is 4.01. The summed E-state index contributed by atoms with van der Waals surface area (Å²) in [7, 11) is 1.52. The molecule has 0 spiro atoms. The molecule has 0 radical (unpaired) electrons. The van der Waals surface area contributed by atoms with Crippen LogP contribution in [0.15, 0.2) is 42.5 Å². The van der Waals surface area contributed by atoms with Gasteiger partial charge in [-0.25, -0.2) is 4.39 Å². The van der Waals surface area contributed by atoms with E-state index >= 15 is 0 Å². The van der Waals surface area contributed by atoms with Crippen LogP contribution in [0, 0.1) is 5.82 Å². The van der Waals surface area contributed by atoms with Gasteiger partial charge in [-0.2, -0.15) is 0 Å². The Balaban J connectivity index is 2.14. The van der Waals surface area contributed by atoms with E-state index < -0.39 is 0 Å². The highest BCUT2D eigenvalue weighted by molar-refractivity contribution is 5.96. The molecule has 4 heteroatoms. The number of ether oxygens (including phenoxy) is 2. The predicted molar refractivity (Wildman–Crippen MR) is 78.3 cm³/mol. The summed E-state index contributed by atoms with van der Waals surface area (Å²) in [5, 5.41) is 0. The summed E-state index contributed by atoms with van der Waals surface area (Å²) in [5.74, 6) is 0.761. The van der Waals surface area contributed by atoms with Gasteiger partial charge in [-0.1, -0.05) is 19.1 Å². The Bertz CT molecular complexity index is 638. The van der Waals surface area contributed by atoms with Crippen LogP contribution in [-0.2, 0) is 6.61 Å². The Hall–Kier alpha value is -2.36. The number of methoxy groups -OCH3 is 1. The van der Waals surface area contributed by atoms with Gasteiger partial charge in [0.2, 0.25) is 0 Å². The van der Waals surface area contributed by atoms with Crippen molar-refractivity contribution in [1.29, 1.82) is 0 Å². The van der Waals surface area contributed by atoms with E-state index in [9.17, 15) is 9.18 Å². The van der Waals surface area contributed by atoms with Crippen molar-refractivity contribution in [2.24, 2.45) is 0 Å². The summed E-state index contributed by atoms with van der Waals surface area (Å²) >= 11 is 0. The van der Waals surface area contributed by atoms with Gasteiger partial charge in [0.05, 0.1) is 7.11 Å². The van der Waals surface area contributed by atoms with Crippen LogP contribution in [-0.4, -0.2) is 12.9 Å². The lowest BCUT2D eigenvalue weighted by Crippen LogP contribution is -2.01. The molecule has 0 aromatic heterocycles. The molecule has 0 fully saturated rings. The molecule has 3 nitrogen and oxygen atoms in total. The van der Waals surface area contributed by atoms with Gasteiger partial charge in [-0.05, 0) is 35.9 Å². The average Bonchev–Trinajstić information content (AvgIpc) is 2.52. The van der Waals surface area contributed by atoms with Crippen LogP contribution in [0.5, 0.6) is 11.5 Å². The molecule has 0 N–H and O–H groups in total. The SMILES string of the molecule is CCC(=O)c1ccc(OCc2cccc(F)c2)c(OC)c1. The minimum atomic E-state index is -0.299. The summed E-state index contributed by atoms with van der Waals surface area (Å²) in [5.41, 5.74) is 1.32. The van der Waals surface area contributed by atoms with Gasteiger partial charge in [-0.3, -0.25) is 4.79 Å². The molecule has 0 saturated heterocycles. The van der Waals surface area contributed by atoms with Crippen molar-refractivity contribution in [3.05, 3.63) is 59.4 Å². The van der Waals surface area contributed by atoms with Crippen LogP contribution < -0.4 is 9.47 Å². The highest BCUT2D eigenvalue weighted by atomic mass is 19.1. The largest absolute Gasteiger partial charge is 0.493 e. The number of halogens is 1. The number of ketones is 1. The molecule has 0 saturated carbocycles. The zero-order valence-corrected chi connectivity index (χ0v) is 12.1. The molecule has 0 atom stereocenters. The van der Waals surface area contributed by atoms with E-state index in [0.717, 1.165) is 5.56 Å². The average molecular weight is 288 g/mol. The fourth-order valence-electron chi connectivity index (χ4n) is 1.95. The number of benzene rings is 2. The van der Waals surface area contributed by atoms with E-state index in [1.165, 1.54) is 19.2 Å². The minimum Gasteiger partial charge on any atom is -0.493 e. The van der Waals surface area contributed by atoms with Gasteiger partial charge >= 0.3 is 0 Å². The quantitative estimate of drug-likeness (QED) is 0.753. The third kappa shape index (κ3) is 3.81. The van der Waals surface area contributed by atoms with E-state index in [1.54, 1.807) is 30.3 Å². The topological polar surface area (TPSA) is 35.5 Å². The van der Waals surface area contributed by atoms with Gasteiger partial charge in [0.1, 0.15) is 12.4 Å². The van der Waals surface area contributed by atoms with Crippen molar-refractivity contribution < 1.29 is 18.7 Å². The summed E-state index contributed by atoms with van der Waals surface area (Å²) in [6, 6.07) is 11.3. The number of rotatable bonds is 6. The first-order valence-corrected chi connectivity index (χ1v) is 6.72. The van der Waals surface area contributed by atoms with E-state index in [2.05, 4.69) is 0 Å². The van der Waals surface area contributed by atoms with E-state index in [-0.39, 0.29) is 18.2 Å². The van der Waals surface area contributed by atoms with Crippen molar-refractivity contribution in [3.8, 4) is 11.5 Å². The fourth-order valence-corrected chi connectivity index (χ4v) is 1.95. The molecular weight excluding hydrogens is 271 g/mol. The lowest BCUT2D eigenvalue weighted by molar-refractivity contribution is 0.0987. The Labute approximate surface area is 123 Å². The Morgan fingerprint density at radius 1 is 1.14 bits per heavy atom. The van der Waals surface area contributed by atoms with Gasteiger partial charge in [0.15, 0.2) is 17.3 Å². The lowest BCUT2D eigenvalue weighted by atomic mass is 10.1. The molecule has 0 bridgehead atoms. The van der Waals surface area contributed by atoms with Crippen molar-refractivity contribution in [2.75, 3.05) is 7.11 Å². The van der Waals surface area contributed by atoms with Gasteiger partial charge in [0.25, 0.3) is 0 Å². The maximum Gasteiger partial charge on any atom is 0.162 e.